The molecule has 0 bridgehead atoms. The zero-order chi connectivity index (χ0) is 14.5. The van der Waals surface area contributed by atoms with Crippen molar-refractivity contribution in [2.75, 3.05) is 5.32 Å². The van der Waals surface area contributed by atoms with Crippen LogP contribution in [0.1, 0.15) is 26.5 Å². The molecule has 0 unspecified atom stereocenters. The molecule has 1 amide bonds. The van der Waals surface area contributed by atoms with Crippen molar-refractivity contribution in [1.82, 2.24) is 4.98 Å². The van der Waals surface area contributed by atoms with E-state index in [4.69, 9.17) is 15.9 Å². The molecule has 19 heavy (non-hydrogen) atoms. The van der Waals surface area contributed by atoms with Crippen LogP contribution >= 0.6 is 11.8 Å². The fourth-order valence-electron chi connectivity index (χ4n) is 1.16. The van der Waals surface area contributed by atoms with Gasteiger partial charge in [0, 0.05) is 5.75 Å². The largest absolute Gasteiger partial charge is 0.444 e. The Morgan fingerprint density at radius 2 is 2.21 bits per heavy atom. The molecule has 0 radical (unpaired) electrons. The van der Waals surface area contributed by atoms with Crippen LogP contribution in [0.25, 0.3) is 0 Å². The van der Waals surface area contributed by atoms with Crippen LogP contribution in [0, 0.1) is 5.41 Å². The minimum absolute atomic E-state index is 0.0535. The lowest BCUT2D eigenvalue weighted by molar-refractivity contribution is 0.0636. The van der Waals surface area contributed by atoms with Crippen molar-refractivity contribution in [3.8, 4) is 0 Å². The molecule has 0 aliphatic rings. The van der Waals surface area contributed by atoms with Crippen LogP contribution in [0.2, 0.25) is 0 Å². The summed E-state index contributed by atoms with van der Waals surface area (Å²) in [6, 6.07) is 3.50. The van der Waals surface area contributed by atoms with Gasteiger partial charge in [-0.15, -0.1) is 0 Å². The summed E-state index contributed by atoms with van der Waals surface area (Å²) in [5, 5.41) is 9.75. The van der Waals surface area contributed by atoms with Gasteiger partial charge in [0.1, 0.15) is 5.60 Å². The first-order valence-corrected chi connectivity index (χ1v) is 6.66. The molecule has 1 heterocycles. The van der Waals surface area contributed by atoms with E-state index in [1.54, 1.807) is 39.1 Å². The molecule has 0 spiro atoms. The number of hydrogen-bond acceptors (Lipinski definition) is 5. The lowest BCUT2D eigenvalue weighted by Crippen LogP contribution is -2.27. The molecule has 1 aromatic heterocycles. The standard InChI is InChI=1S/C12H18N4O2S/c1-12(2,3)18-11(17)16-8-4-5-9(15-6-8)7-19-10(13)14/h4-6H,7H2,1-3H3,(H3,13,14)(H,16,17). The Hall–Kier alpha value is -1.76. The molecular formula is C12H18N4O2S. The summed E-state index contributed by atoms with van der Waals surface area (Å²) in [5.41, 5.74) is 6.06. The molecule has 0 aliphatic heterocycles. The molecular weight excluding hydrogens is 264 g/mol. The van der Waals surface area contributed by atoms with E-state index in [0.29, 0.717) is 11.4 Å². The number of carbonyl (C=O) groups is 1. The number of rotatable bonds is 3. The summed E-state index contributed by atoms with van der Waals surface area (Å²) in [6.07, 6.45) is 1.03. The van der Waals surface area contributed by atoms with Crippen molar-refractivity contribution in [2.45, 2.75) is 32.1 Å². The van der Waals surface area contributed by atoms with Crippen LogP contribution in [0.15, 0.2) is 18.3 Å². The van der Waals surface area contributed by atoms with E-state index in [-0.39, 0.29) is 5.17 Å². The van der Waals surface area contributed by atoms with E-state index in [2.05, 4.69) is 10.3 Å². The van der Waals surface area contributed by atoms with E-state index < -0.39 is 11.7 Å². The van der Waals surface area contributed by atoms with E-state index in [1.807, 2.05) is 0 Å². The number of aromatic nitrogens is 1. The number of nitrogens with zero attached hydrogens (tertiary/aromatic N) is 1. The highest BCUT2D eigenvalue weighted by Gasteiger charge is 2.16. The van der Waals surface area contributed by atoms with Gasteiger partial charge in [0.05, 0.1) is 17.6 Å². The number of thioether (sulfide) groups is 1. The van der Waals surface area contributed by atoms with Crippen LogP contribution in [0.5, 0.6) is 0 Å². The van der Waals surface area contributed by atoms with Crippen LogP contribution in [-0.4, -0.2) is 21.8 Å². The average Bonchev–Trinajstić information content (AvgIpc) is 2.25. The third-order valence-corrected chi connectivity index (χ3v) is 2.60. The minimum Gasteiger partial charge on any atom is -0.444 e. The number of nitrogens with one attached hydrogen (secondary N) is 2. The number of ether oxygens (including phenoxy) is 1. The molecule has 7 heteroatoms. The summed E-state index contributed by atoms with van der Waals surface area (Å²) in [4.78, 5) is 15.7. The smallest absolute Gasteiger partial charge is 0.412 e. The number of nitrogens with two attached hydrogens (primary N) is 1. The van der Waals surface area contributed by atoms with Crippen molar-refractivity contribution in [1.29, 1.82) is 5.41 Å². The number of carbonyl (C=O) groups excluding carboxylic acids is 1. The number of hydrogen-bond donors (Lipinski definition) is 3. The summed E-state index contributed by atoms with van der Waals surface area (Å²) >= 11 is 1.20. The molecule has 0 saturated heterocycles. The Labute approximate surface area is 116 Å². The van der Waals surface area contributed by atoms with Gasteiger partial charge in [0.2, 0.25) is 0 Å². The molecule has 104 valence electrons. The van der Waals surface area contributed by atoms with Gasteiger partial charge in [-0.3, -0.25) is 15.7 Å². The molecule has 6 nitrogen and oxygen atoms in total. The van der Waals surface area contributed by atoms with Crippen LogP contribution in [0.3, 0.4) is 0 Å². The lowest BCUT2D eigenvalue weighted by Gasteiger charge is -2.19. The number of amidine groups is 1. The molecule has 1 aromatic rings. The highest BCUT2D eigenvalue weighted by molar-refractivity contribution is 8.13. The summed E-state index contributed by atoms with van der Waals surface area (Å²) in [7, 11) is 0. The quantitative estimate of drug-likeness (QED) is 0.584. The van der Waals surface area contributed by atoms with Gasteiger partial charge in [0.25, 0.3) is 0 Å². The zero-order valence-corrected chi connectivity index (χ0v) is 12.0. The molecule has 0 aliphatic carbocycles. The maximum atomic E-state index is 11.5. The summed E-state index contributed by atoms with van der Waals surface area (Å²) in [5.74, 6) is 0.530. The molecule has 1 rings (SSSR count). The van der Waals surface area contributed by atoms with Gasteiger partial charge < -0.3 is 10.5 Å². The van der Waals surface area contributed by atoms with E-state index in [1.165, 1.54) is 11.8 Å². The zero-order valence-electron chi connectivity index (χ0n) is 11.2. The van der Waals surface area contributed by atoms with Gasteiger partial charge in [-0.1, -0.05) is 11.8 Å². The van der Waals surface area contributed by atoms with Crippen LogP contribution in [-0.2, 0) is 10.5 Å². The molecule has 0 fully saturated rings. The van der Waals surface area contributed by atoms with Crippen molar-refractivity contribution in [2.24, 2.45) is 5.73 Å². The molecule has 4 N–H and O–H groups in total. The maximum absolute atomic E-state index is 11.5. The number of anilines is 1. The van der Waals surface area contributed by atoms with Crippen LogP contribution < -0.4 is 11.1 Å². The highest BCUT2D eigenvalue weighted by atomic mass is 32.2. The van der Waals surface area contributed by atoms with Crippen molar-refractivity contribution in [3.05, 3.63) is 24.0 Å². The third-order valence-electron chi connectivity index (χ3n) is 1.85. The molecule has 0 atom stereocenters. The minimum atomic E-state index is -0.532. The lowest BCUT2D eigenvalue weighted by atomic mass is 10.2. The van der Waals surface area contributed by atoms with Crippen LogP contribution in [0.4, 0.5) is 10.5 Å². The fourth-order valence-corrected chi connectivity index (χ4v) is 1.63. The van der Waals surface area contributed by atoms with Crippen molar-refractivity contribution in [3.63, 3.8) is 0 Å². The SMILES string of the molecule is CC(C)(C)OC(=O)Nc1ccc(CSC(=N)N)nc1. The van der Waals surface area contributed by atoms with Gasteiger partial charge in [-0.05, 0) is 32.9 Å². The van der Waals surface area contributed by atoms with Gasteiger partial charge in [-0.25, -0.2) is 4.79 Å². The second-order valence-corrected chi connectivity index (χ2v) is 5.84. The molecule has 0 saturated carbocycles. The predicted molar refractivity (Wildman–Crippen MR) is 77.3 cm³/mol. The fraction of sp³-hybridized carbons (Fsp3) is 0.417. The number of pyridine rings is 1. The predicted octanol–water partition coefficient (Wildman–Crippen LogP) is 2.56. The van der Waals surface area contributed by atoms with Crippen molar-refractivity contribution >= 4 is 28.7 Å². The highest BCUT2D eigenvalue weighted by Crippen LogP contribution is 2.13. The Kier molecular flexibility index (Phi) is 5.17. The van der Waals surface area contributed by atoms with Gasteiger partial charge in [-0.2, -0.15) is 0 Å². The topological polar surface area (TPSA) is 101 Å². The maximum Gasteiger partial charge on any atom is 0.412 e. The Bertz CT molecular complexity index is 454. The Morgan fingerprint density at radius 1 is 1.53 bits per heavy atom. The van der Waals surface area contributed by atoms with Gasteiger partial charge in [0.15, 0.2) is 5.17 Å². The third kappa shape index (κ3) is 6.66. The number of amides is 1. The first kappa shape index (κ1) is 15.3. The van der Waals surface area contributed by atoms with E-state index in [9.17, 15) is 4.79 Å². The first-order chi connectivity index (χ1) is 8.76. The summed E-state index contributed by atoms with van der Waals surface area (Å²) < 4.78 is 5.12. The average molecular weight is 282 g/mol. The second-order valence-electron chi connectivity index (χ2n) is 4.82. The second kappa shape index (κ2) is 6.42. The van der Waals surface area contributed by atoms with E-state index in [0.717, 1.165) is 5.69 Å². The normalized spacial score (nSPS) is 10.9. The van der Waals surface area contributed by atoms with E-state index >= 15 is 0 Å². The Morgan fingerprint density at radius 3 is 2.68 bits per heavy atom. The molecule has 0 aromatic carbocycles. The summed E-state index contributed by atoms with van der Waals surface area (Å²) in [6.45, 7) is 5.40. The Balaban J connectivity index is 2.52. The first-order valence-electron chi connectivity index (χ1n) is 5.68. The van der Waals surface area contributed by atoms with Gasteiger partial charge >= 0.3 is 6.09 Å². The monoisotopic (exact) mass is 282 g/mol. The van der Waals surface area contributed by atoms with Crippen molar-refractivity contribution < 1.29 is 9.53 Å².